The summed E-state index contributed by atoms with van der Waals surface area (Å²) in [5.74, 6) is 0.562. The van der Waals surface area contributed by atoms with E-state index in [-0.39, 0.29) is 5.91 Å². The molecule has 0 spiro atoms. The van der Waals surface area contributed by atoms with Gasteiger partial charge in [-0.2, -0.15) is 0 Å². The van der Waals surface area contributed by atoms with Crippen molar-refractivity contribution >= 4 is 56.0 Å². The van der Waals surface area contributed by atoms with E-state index in [0.717, 1.165) is 9.60 Å². The summed E-state index contributed by atoms with van der Waals surface area (Å²) in [6.07, 6.45) is 3.58. The molecule has 0 saturated carbocycles. The number of amides is 1. The van der Waals surface area contributed by atoms with Gasteiger partial charge in [-0.1, -0.05) is 35.1 Å². The Morgan fingerprint density at radius 3 is 2.81 bits per heavy atom. The lowest BCUT2D eigenvalue weighted by Gasteiger charge is -2.19. The lowest BCUT2D eigenvalue weighted by atomic mass is 10.2. The number of nitrogens with zero attached hydrogens (tertiary/aromatic N) is 2. The van der Waals surface area contributed by atoms with Gasteiger partial charge in [0.1, 0.15) is 11.3 Å². The van der Waals surface area contributed by atoms with Crippen molar-refractivity contribution in [2.45, 2.75) is 11.4 Å². The fourth-order valence-corrected chi connectivity index (χ4v) is 4.44. The second kappa shape index (κ2) is 7.76. The molecule has 2 heterocycles. The summed E-state index contributed by atoms with van der Waals surface area (Å²) in [6, 6.07) is 16.9. The maximum Gasteiger partial charge on any atom is 0.260 e. The molecule has 1 amide bonds. The predicted octanol–water partition coefficient (Wildman–Crippen LogP) is 6.11. The van der Waals surface area contributed by atoms with Crippen LogP contribution >= 0.6 is 34.7 Å². The first kappa shape index (κ1) is 18.1. The van der Waals surface area contributed by atoms with E-state index in [1.807, 2.05) is 54.8 Å². The highest BCUT2D eigenvalue weighted by Crippen LogP contribution is 2.34. The van der Waals surface area contributed by atoms with Crippen LogP contribution in [0, 0.1) is 0 Å². The maximum absolute atomic E-state index is 13.3. The van der Waals surface area contributed by atoms with Crippen LogP contribution in [0.15, 0.2) is 70.2 Å². The molecule has 0 fully saturated rings. The SMILES string of the molecule is CSc1cccc(C(=O)N(Cc2ccco2)c2nc3c(Cl)cccc3s2)c1. The van der Waals surface area contributed by atoms with E-state index < -0.39 is 0 Å². The Kier molecular flexibility index (Phi) is 5.20. The van der Waals surface area contributed by atoms with E-state index in [4.69, 9.17) is 16.0 Å². The van der Waals surface area contributed by atoms with Gasteiger partial charge in [-0.25, -0.2) is 4.98 Å². The summed E-state index contributed by atoms with van der Waals surface area (Å²) in [7, 11) is 0. The molecule has 2 aromatic carbocycles. The number of benzene rings is 2. The average Bonchev–Trinajstić information content (AvgIpc) is 3.36. The number of fused-ring (bicyclic) bond motifs is 1. The number of hydrogen-bond donors (Lipinski definition) is 0. The fraction of sp³-hybridized carbons (Fsp3) is 0.100. The van der Waals surface area contributed by atoms with Crippen molar-refractivity contribution in [1.82, 2.24) is 4.98 Å². The highest BCUT2D eigenvalue weighted by molar-refractivity contribution is 7.98. The Hall–Kier alpha value is -2.28. The zero-order valence-corrected chi connectivity index (χ0v) is 16.8. The Balaban J connectivity index is 1.77. The lowest BCUT2D eigenvalue weighted by molar-refractivity contribution is 0.0983. The largest absolute Gasteiger partial charge is 0.467 e. The zero-order valence-electron chi connectivity index (χ0n) is 14.4. The number of furan rings is 1. The van der Waals surface area contributed by atoms with Gasteiger partial charge in [0.25, 0.3) is 5.91 Å². The molecule has 4 nitrogen and oxygen atoms in total. The molecule has 0 N–H and O–H groups in total. The number of carbonyl (C=O) groups is 1. The third kappa shape index (κ3) is 3.74. The summed E-state index contributed by atoms with van der Waals surface area (Å²) >= 11 is 9.31. The molecule has 0 radical (unpaired) electrons. The molecule has 2 aromatic heterocycles. The molecule has 0 bridgehead atoms. The standard InChI is InChI=1S/C20H15ClN2O2S2/c1-26-15-7-2-5-13(11-15)19(24)23(12-14-6-4-10-25-14)20-22-18-16(21)8-3-9-17(18)27-20/h2-11H,12H2,1H3. The smallest absolute Gasteiger partial charge is 0.260 e. The van der Waals surface area contributed by atoms with Crippen LogP contribution in [-0.2, 0) is 6.54 Å². The summed E-state index contributed by atoms with van der Waals surface area (Å²) in [5, 5.41) is 1.17. The van der Waals surface area contributed by atoms with Gasteiger partial charge in [0.15, 0.2) is 5.13 Å². The number of anilines is 1. The number of thiazole rings is 1. The van der Waals surface area contributed by atoms with Gasteiger partial charge in [-0.05, 0) is 48.7 Å². The molecule has 4 rings (SSSR count). The Morgan fingerprint density at radius 2 is 2.07 bits per heavy atom. The molecule has 0 aliphatic carbocycles. The van der Waals surface area contributed by atoms with Crippen LogP contribution in [0.4, 0.5) is 5.13 Å². The maximum atomic E-state index is 13.3. The normalized spacial score (nSPS) is 11.0. The first-order chi connectivity index (χ1) is 13.2. The summed E-state index contributed by atoms with van der Waals surface area (Å²) in [5.41, 5.74) is 1.31. The van der Waals surface area contributed by atoms with Gasteiger partial charge < -0.3 is 4.42 Å². The first-order valence-corrected chi connectivity index (χ1v) is 10.6. The Labute approximate surface area is 169 Å². The minimum absolute atomic E-state index is 0.127. The molecular formula is C20H15ClN2O2S2. The second-order valence-electron chi connectivity index (χ2n) is 5.79. The highest BCUT2D eigenvalue weighted by atomic mass is 35.5. The van der Waals surface area contributed by atoms with Gasteiger partial charge in [-0.15, -0.1) is 11.8 Å². The molecule has 0 saturated heterocycles. The number of hydrogen-bond acceptors (Lipinski definition) is 5. The van der Waals surface area contributed by atoms with Gasteiger partial charge >= 0.3 is 0 Å². The number of carbonyl (C=O) groups excluding carboxylic acids is 1. The van der Waals surface area contributed by atoms with E-state index in [2.05, 4.69) is 4.98 Å². The number of thioether (sulfide) groups is 1. The molecule has 27 heavy (non-hydrogen) atoms. The van der Waals surface area contributed by atoms with Crippen molar-refractivity contribution in [2.24, 2.45) is 0 Å². The van der Waals surface area contributed by atoms with E-state index in [0.29, 0.717) is 33.5 Å². The van der Waals surface area contributed by atoms with Gasteiger partial charge in [0.2, 0.25) is 0 Å². The van der Waals surface area contributed by atoms with Crippen LogP contribution in [-0.4, -0.2) is 17.1 Å². The van der Waals surface area contributed by atoms with E-state index in [1.54, 1.807) is 29.0 Å². The molecule has 0 aliphatic heterocycles. The zero-order chi connectivity index (χ0) is 18.8. The van der Waals surface area contributed by atoms with Crippen molar-refractivity contribution in [2.75, 3.05) is 11.2 Å². The van der Waals surface area contributed by atoms with Crippen LogP contribution < -0.4 is 4.90 Å². The van der Waals surface area contributed by atoms with Crippen molar-refractivity contribution in [3.63, 3.8) is 0 Å². The van der Waals surface area contributed by atoms with Crippen molar-refractivity contribution in [3.05, 3.63) is 77.2 Å². The number of para-hydroxylation sites is 1. The topological polar surface area (TPSA) is 46.3 Å². The number of aromatic nitrogens is 1. The van der Waals surface area contributed by atoms with Gasteiger partial charge in [0, 0.05) is 10.5 Å². The van der Waals surface area contributed by atoms with Crippen LogP contribution in [0.1, 0.15) is 16.1 Å². The van der Waals surface area contributed by atoms with Crippen molar-refractivity contribution in [3.8, 4) is 0 Å². The van der Waals surface area contributed by atoms with E-state index >= 15 is 0 Å². The minimum atomic E-state index is -0.127. The Morgan fingerprint density at radius 1 is 1.22 bits per heavy atom. The highest BCUT2D eigenvalue weighted by Gasteiger charge is 2.23. The number of halogens is 1. The fourth-order valence-electron chi connectivity index (χ4n) is 2.72. The van der Waals surface area contributed by atoms with Crippen molar-refractivity contribution in [1.29, 1.82) is 0 Å². The third-order valence-electron chi connectivity index (χ3n) is 4.05. The first-order valence-electron chi connectivity index (χ1n) is 8.19. The molecular weight excluding hydrogens is 400 g/mol. The molecule has 0 aliphatic rings. The molecule has 7 heteroatoms. The number of rotatable bonds is 5. The van der Waals surface area contributed by atoms with Crippen LogP contribution in [0.5, 0.6) is 0 Å². The van der Waals surface area contributed by atoms with Crippen molar-refractivity contribution < 1.29 is 9.21 Å². The quantitative estimate of drug-likeness (QED) is 0.369. The summed E-state index contributed by atoms with van der Waals surface area (Å²) < 4.78 is 6.40. The third-order valence-corrected chi connectivity index (χ3v) is 6.12. The van der Waals surface area contributed by atoms with E-state index in [1.165, 1.54) is 11.3 Å². The molecule has 4 aromatic rings. The van der Waals surface area contributed by atoms with Gasteiger partial charge in [0.05, 0.1) is 22.5 Å². The van der Waals surface area contributed by atoms with Crippen LogP contribution in [0.3, 0.4) is 0 Å². The van der Waals surface area contributed by atoms with E-state index in [9.17, 15) is 4.79 Å². The second-order valence-corrected chi connectivity index (χ2v) is 8.08. The van der Waals surface area contributed by atoms with Crippen LogP contribution in [0.2, 0.25) is 5.02 Å². The minimum Gasteiger partial charge on any atom is -0.467 e. The molecule has 0 atom stereocenters. The average molecular weight is 415 g/mol. The Bertz CT molecular complexity index is 1090. The summed E-state index contributed by atoms with van der Waals surface area (Å²) in [6.45, 7) is 0.298. The summed E-state index contributed by atoms with van der Waals surface area (Å²) in [4.78, 5) is 20.6. The molecule has 136 valence electrons. The molecule has 0 unspecified atom stereocenters. The van der Waals surface area contributed by atoms with Crippen LogP contribution in [0.25, 0.3) is 10.2 Å². The van der Waals surface area contributed by atoms with Gasteiger partial charge in [-0.3, -0.25) is 9.69 Å². The monoisotopic (exact) mass is 414 g/mol. The lowest BCUT2D eigenvalue weighted by Crippen LogP contribution is -2.30. The predicted molar refractivity (Wildman–Crippen MR) is 112 cm³/mol.